The third kappa shape index (κ3) is 3.18. The van der Waals surface area contributed by atoms with Crippen molar-refractivity contribution in [1.29, 1.82) is 0 Å². The molecule has 1 saturated heterocycles. The first kappa shape index (κ1) is 16.1. The number of hydrogen-bond donors (Lipinski definition) is 0. The Balaban J connectivity index is 1.41. The van der Waals surface area contributed by atoms with Crippen LogP contribution >= 0.6 is 0 Å². The van der Waals surface area contributed by atoms with E-state index in [2.05, 4.69) is 51.6 Å². The summed E-state index contributed by atoms with van der Waals surface area (Å²) in [6.07, 6.45) is 8.04. The highest BCUT2D eigenvalue weighted by Gasteiger charge is 2.22. The topological polar surface area (TPSA) is 51.2 Å². The van der Waals surface area contributed by atoms with Crippen LogP contribution in [0.25, 0.3) is 16.9 Å². The van der Waals surface area contributed by atoms with Crippen LogP contribution in [-0.2, 0) is 6.54 Å². The van der Waals surface area contributed by atoms with E-state index in [1.165, 1.54) is 0 Å². The number of nitrogens with zero attached hydrogens (tertiary/aromatic N) is 6. The van der Waals surface area contributed by atoms with E-state index in [1.807, 2.05) is 39.8 Å². The molecule has 0 spiro atoms. The second kappa shape index (κ2) is 6.87. The minimum Gasteiger partial charge on any atom is -0.356 e. The van der Waals surface area contributed by atoms with E-state index in [0.29, 0.717) is 5.92 Å². The summed E-state index contributed by atoms with van der Waals surface area (Å²) in [5.41, 5.74) is 3.03. The maximum atomic E-state index is 4.79. The number of anilines is 1. The SMILES string of the molecule is c1ccc(-c2cc(N3CCC(Cn4cccn4)CC3)n3nccc3n2)cc1. The molecule has 5 rings (SSSR count). The standard InChI is InChI=1S/C21H22N6/c1-2-5-18(6-3-1)19-15-21(27-20(24-19)7-11-23-27)25-13-8-17(9-14-25)16-26-12-4-10-22-26/h1-7,10-12,15,17H,8-9,13-14,16H2. The molecule has 4 aromatic rings. The van der Waals surface area contributed by atoms with Crippen molar-refractivity contribution in [1.82, 2.24) is 24.4 Å². The van der Waals surface area contributed by atoms with Crippen LogP contribution in [-0.4, -0.2) is 37.5 Å². The molecule has 6 nitrogen and oxygen atoms in total. The van der Waals surface area contributed by atoms with Crippen LogP contribution < -0.4 is 4.90 Å². The van der Waals surface area contributed by atoms with Gasteiger partial charge in [-0.05, 0) is 24.8 Å². The van der Waals surface area contributed by atoms with Crippen LogP contribution in [0.1, 0.15) is 12.8 Å². The Hall–Kier alpha value is -3.15. The average molecular weight is 358 g/mol. The van der Waals surface area contributed by atoms with Gasteiger partial charge in [0.25, 0.3) is 0 Å². The van der Waals surface area contributed by atoms with Gasteiger partial charge in [0.2, 0.25) is 0 Å². The third-order valence-electron chi connectivity index (χ3n) is 5.35. The molecule has 1 aromatic carbocycles. The van der Waals surface area contributed by atoms with Crippen molar-refractivity contribution in [3.8, 4) is 11.3 Å². The van der Waals surface area contributed by atoms with Crippen LogP contribution in [0.15, 0.2) is 67.1 Å². The molecule has 0 saturated carbocycles. The highest BCUT2D eigenvalue weighted by molar-refractivity contribution is 5.66. The van der Waals surface area contributed by atoms with Crippen LogP contribution in [0.4, 0.5) is 5.82 Å². The second-order valence-electron chi connectivity index (χ2n) is 7.13. The number of benzene rings is 1. The van der Waals surface area contributed by atoms with E-state index < -0.39 is 0 Å². The number of piperidine rings is 1. The number of fused-ring (bicyclic) bond motifs is 1. The lowest BCUT2D eigenvalue weighted by Gasteiger charge is -2.33. The van der Waals surface area contributed by atoms with Gasteiger partial charge in [0, 0.05) is 49.7 Å². The van der Waals surface area contributed by atoms with Crippen LogP contribution in [0, 0.1) is 5.92 Å². The maximum absolute atomic E-state index is 4.79. The summed E-state index contributed by atoms with van der Waals surface area (Å²) in [6, 6.07) is 16.5. The van der Waals surface area contributed by atoms with Crippen LogP contribution in [0.5, 0.6) is 0 Å². The van der Waals surface area contributed by atoms with Crippen LogP contribution in [0.3, 0.4) is 0 Å². The molecule has 1 aliphatic heterocycles. The van der Waals surface area contributed by atoms with Gasteiger partial charge in [-0.25, -0.2) is 4.98 Å². The molecule has 0 amide bonds. The first-order chi connectivity index (χ1) is 13.4. The lowest BCUT2D eigenvalue weighted by molar-refractivity contribution is 0.341. The zero-order chi connectivity index (χ0) is 18.1. The summed E-state index contributed by atoms with van der Waals surface area (Å²) in [4.78, 5) is 7.23. The molecule has 1 aliphatic rings. The Kier molecular flexibility index (Phi) is 4.08. The minimum atomic E-state index is 0.671. The zero-order valence-electron chi connectivity index (χ0n) is 15.1. The molecule has 0 unspecified atom stereocenters. The van der Waals surface area contributed by atoms with Gasteiger partial charge in [0.05, 0.1) is 11.9 Å². The van der Waals surface area contributed by atoms with Gasteiger partial charge in [-0.3, -0.25) is 4.68 Å². The van der Waals surface area contributed by atoms with E-state index in [9.17, 15) is 0 Å². The van der Waals surface area contributed by atoms with E-state index in [-0.39, 0.29) is 0 Å². The fourth-order valence-electron chi connectivity index (χ4n) is 3.90. The highest BCUT2D eigenvalue weighted by Crippen LogP contribution is 2.28. The van der Waals surface area contributed by atoms with Gasteiger partial charge in [-0.2, -0.15) is 14.7 Å². The quantitative estimate of drug-likeness (QED) is 0.560. The molecular weight excluding hydrogens is 336 g/mol. The highest BCUT2D eigenvalue weighted by atomic mass is 15.3. The molecule has 4 heterocycles. The maximum Gasteiger partial charge on any atom is 0.157 e. The summed E-state index contributed by atoms with van der Waals surface area (Å²) < 4.78 is 4.01. The molecule has 27 heavy (non-hydrogen) atoms. The van der Waals surface area contributed by atoms with Crippen molar-refractivity contribution in [3.05, 3.63) is 67.1 Å². The third-order valence-corrected chi connectivity index (χ3v) is 5.35. The Morgan fingerprint density at radius 1 is 0.926 bits per heavy atom. The molecule has 136 valence electrons. The van der Waals surface area contributed by atoms with E-state index in [4.69, 9.17) is 4.98 Å². The van der Waals surface area contributed by atoms with Gasteiger partial charge in [0.15, 0.2) is 5.65 Å². The zero-order valence-corrected chi connectivity index (χ0v) is 15.1. The second-order valence-corrected chi connectivity index (χ2v) is 7.13. The van der Waals surface area contributed by atoms with Crippen molar-refractivity contribution in [2.45, 2.75) is 19.4 Å². The van der Waals surface area contributed by atoms with Crippen molar-refractivity contribution < 1.29 is 0 Å². The molecule has 0 N–H and O–H groups in total. The summed E-state index contributed by atoms with van der Waals surface area (Å²) in [5.74, 6) is 1.80. The molecule has 0 radical (unpaired) electrons. The first-order valence-electron chi connectivity index (χ1n) is 9.49. The van der Waals surface area contributed by atoms with E-state index in [0.717, 1.165) is 55.2 Å². The Labute approximate surface area is 158 Å². The summed E-state index contributed by atoms with van der Waals surface area (Å²) >= 11 is 0. The van der Waals surface area contributed by atoms with Crippen molar-refractivity contribution in [2.24, 2.45) is 5.92 Å². The molecule has 0 aliphatic carbocycles. The Morgan fingerprint density at radius 3 is 2.56 bits per heavy atom. The molecular formula is C21H22N6. The number of hydrogen-bond acceptors (Lipinski definition) is 4. The fraction of sp³-hybridized carbons (Fsp3) is 0.286. The smallest absolute Gasteiger partial charge is 0.157 e. The number of aromatic nitrogens is 5. The van der Waals surface area contributed by atoms with Gasteiger partial charge in [-0.1, -0.05) is 30.3 Å². The Morgan fingerprint density at radius 2 is 1.78 bits per heavy atom. The first-order valence-corrected chi connectivity index (χ1v) is 9.49. The van der Waals surface area contributed by atoms with Crippen molar-refractivity contribution in [2.75, 3.05) is 18.0 Å². The van der Waals surface area contributed by atoms with Gasteiger partial charge in [-0.15, -0.1) is 0 Å². The van der Waals surface area contributed by atoms with Gasteiger partial charge >= 0.3 is 0 Å². The predicted molar refractivity (Wildman–Crippen MR) is 106 cm³/mol. The summed E-state index contributed by atoms with van der Waals surface area (Å²) in [6.45, 7) is 3.06. The molecule has 0 bridgehead atoms. The summed E-state index contributed by atoms with van der Waals surface area (Å²) in [5, 5.41) is 8.85. The lowest BCUT2D eigenvalue weighted by atomic mass is 9.97. The minimum absolute atomic E-state index is 0.671. The average Bonchev–Trinajstić information content (AvgIpc) is 3.40. The van der Waals surface area contributed by atoms with Gasteiger partial charge in [0.1, 0.15) is 5.82 Å². The summed E-state index contributed by atoms with van der Waals surface area (Å²) in [7, 11) is 0. The lowest BCUT2D eigenvalue weighted by Crippen LogP contribution is -2.36. The van der Waals surface area contributed by atoms with Crippen molar-refractivity contribution >= 4 is 11.5 Å². The normalized spacial score (nSPS) is 15.5. The van der Waals surface area contributed by atoms with E-state index >= 15 is 0 Å². The monoisotopic (exact) mass is 358 g/mol. The molecule has 0 atom stereocenters. The predicted octanol–water partition coefficient (Wildman–Crippen LogP) is 3.51. The molecule has 6 heteroatoms. The largest absolute Gasteiger partial charge is 0.356 e. The van der Waals surface area contributed by atoms with Crippen LogP contribution in [0.2, 0.25) is 0 Å². The molecule has 1 fully saturated rings. The fourth-order valence-corrected chi connectivity index (χ4v) is 3.90. The Bertz CT molecular complexity index is 1010. The van der Waals surface area contributed by atoms with E-state index in [1.54, 1.807) is 0 Å². The van der Waals surface area contributed by atoms with Gasteiger partial charge < -0.3 is 4.90 Å². The molecule has 3 aromatic heterocycles. The number of rotatable bonds is 4. The van der Waals surface area contributed by atoms with Crippen molar-refractivity contribution in [3.63, 3.8) is 0 Å².